The number of aryl methyl sites for hydroxylation is 1. The Morgan fingerprint density at radius 3 is 2.89 bits per heavy atom. The van der Waals surface area contributed by atoms with Gasteiger partial charge in [-0.1, -0.05) is 18.2 Å². The fourth-order valence-electron chi connectivity index (χ4n) is 3.62. The lowest BCUT2D eigenvalue weighted by atomic mass is 10.0. The van der Waals surface area contributed by atoms with Gasteiger partial charge >= 0.3 is 0 Å². The molecule has 0 spiro atoms. The van der Waals surface area contributed by atoms with Crippen LogP contribution in [-0.4, -0.2) is 66.7 Å². The first-order chi connectivity index (χ1) is 13.3. The maximum atomic E-state index is 13.0. The van der Waals surface area contributed by atoms with E-state index in [1.54, 1.807) is 6.07 Å². The van der Waals surface area contributed by atoms with Crippen LogP contribution in [0.2, 0.25) is 0 Å². The van der Waals surface area contributed by atoms with Crippen LogP contribution in [0.15, 0.2) is 36.7 Å². The van der Waals surface area contributed by atoms with Crippen LogP contribution in [0.3, 0.4) is 0 Å². The van der Waals surface area contributed by atoms with Crippen molar-refractivity contribution in [2.75, 3.05) is 56.2 Å². The average Bonchev–Trinajstić information content (AvgIpc) is 2.74. The molecule has 1 N–H and O–H groups in total. The number of benzene rings is 1. The summed E-state index contributed by atoms with van der Waals surface area (Å²) in [6.07, 6.45) is 3.44. The third kappa shape index (κ3) is 4.26. The van der Waals surface area contributed by atoms with Crippen molar-refractivity contribution in [3.8, 4) is 0 Å². The molecule has 0 aliphatic carbocycles. The summed E-state index contributed by atoms with van der Waals surface area (Å²) in [4.78, 5) is 25.7. The van der Waals surface area contributed by atoms with Crippen LogP contribution >= 0.6 is 0 Å². The molecule has 1 aromatic carbocycles. The first-order valence-corrected chi connectivity index (χ1v) is 9.57. The Morgan fingerprint density at radius 1 is 1.15 bits per heavy atom. The molecule has 3 heterocycles. The molecule has 1 saturated heterocycles. The van der Waals surface area contributed by atoms with Crippen molar-refractivity contribution in [1.82, 2.24) is 14.9 Å². The molecule has 2 aromatic rings. The van der Waals surface area contributed by atoms with E-state index in [1.807, 2.05) is 23.1 Å². The molecule has 0 radical (unpaired) electrons. The van der Waals surface area contributed by atoms with Crippen LogP contribution in [-0.2, 0) is 11.2 Å². The number of hydrogen-bond acceptors (Lipinski definition) is 6. The molecule has 1 aromatic heterocycles. The van der Waals surface area contributed by atoms with E-state index in [0.717, 1.165) is 64.5 Å². The molecule has 0 saturated carbocycles. The lowest BCUT2D eigenvalue weighted by Crippen LogP contribution is -2.39. The van der Waals surface area contributed by atoms with E-state index in [4.69, 9.17) is 4.74 Å². The largest absolute Gasteiger partial charge is 0.379 e. The van der Waals surface area contributed by atoms with Crippen LogP contribution in [0.1, 0.15) is 22.5 Å². The second-order valence-electron chi connectivity index (χ2n) is 6.86. The number of para-hydroxylation sites is 1. The summed E-state index contributed by atoms with van der Waals surface area (Å²) in [6.45, 7) is 5.94. The van der Waals surface area contributed by atoms with Crippen molar-refractivity contribution >= 4 is 17.4 Å². The molecule has 4 rings (SSSR count). The molecule has 142 valence electrons. The summed E-state index contributed by atoms with van der Waals surface area (Å²) < 4.78 is 5.36. The third-order valence-electron chi connectivity index (χ3n) is 5.08. The molecule has 0 unspecified atom stereocenters. The summed E-state index contributed by atoms with van der Waals surface area (Å²) in [5, 5.41) is 3.30. The predicted octanol–water partition coefficient (Wildman–Crippen LogP) is 1.81. The van der Waals surface area contributed by atoms with Gasteiger partial charge < -0.3 is 15.0 Å². The standard InChI is InChI=1S/C20H25N5O2/c26-20(25-8-3-5-16-4-1-2-6-18(16)25)17-14-19(23-15-22-17)21-7-9-24-10-12-27-13-11-24/h1-2,4,6,14-15H,3,5,7-13H2,(H,21,22,23). The van der Waals surface area contributed by atoms with Crippen molar-refractivity contribution in [3.63, 3.8) is 0 Å². The fourth-order valence-corrected chi connectivity index (χ4v) is 3.62. The van der Waals surface area contributed by atoms with E-state index in [9.17, 15) is 4.79 Å². The zero-order valence-electron chi connectivity index (χ0n) is 15.4. The van der Waals surface area contributed by atoms with E-state index < -0.39 is 0 Å². The number of nitrogens with one attached hydrogen (secondary N) is 1. The van der Waals surface area contributed by atoms with Gasteiger partial charge in [-0.05, 0) is 24.5 Å². The zero-order chi connectivity index (χ0) is 18.5. The number of carbonyl (C=O) groups is 1. The van der Waals surface area contributed by atoms with Crippen LogP contribution in [0.25, 0.3) is 0 Å². The van der Waals surface area contributed by atoms with E-state index in [0.29, 0.717) is 11.5 Å². The lowest BCUT2D eigenvalue weighted by Gasteiger charge is -2.29. The van der Waals surface area contributed by atoms with Crippen molar-refractivity contribution in [2.45, 2.75) is 12.8 Å². The minimum absolute atomic E-state index is 0.0687. The van der Waals surface area contributed by atoms with Gasteiger partial charge in [-0.2, -0.15) is 0 Å². The maximum absolute atomic E-state index is 13.0. The van der Waals surface area contributed by atoms with Gasteiger partial charge in [0.15, 0.2) is 0 Å². The number of fused-ring (bicyclic) bond motifs is 1. The molecule has 7 heteroatoms. The summed E-state index contributed by atoms with van der Waals surface area (Å²) >= 11 is 0. The molecule has 27 heavy (non-hydrogen) atoms. The molecule has 2 aliphatic rings. The van der Waals surface area contributed by atoms with E-state index in [1.165, 1.54) is 11.9 Å². The zero-order valence-corrected chi connectivity index (χ0v) is 15.4. The van der Waals surface area contributed by atoms with Gasteiger partial charge in [-0.25, -0.2) is 9.97 Å². The highest BCUT2D eigenvalue weighted by atomic mass is 16.5. The van der Waals surface area contributed by atoms with Crippen LogP contribution in [0.5, 0.6) is 0 Å². The van der Waals surface area contributed by atoms with Gasteiger partial charge in [-0.15, -0.1) is 0 Å². The second-order valence-corrected chi connectivity index (χ2v) is 6.86. The summed E-state index contributed by atoms with van der Waals surface area (Å²) in [5.74, 6) is 0.618. The Hall–Kier alpha value is -2.51. The molecular formula is C20H25N5O2. The molecule has 1 amide bonds. The number of hydrogen-bond donors (Lipinski definition) is 1. The van der Waals surface area contributed by atoms with Gasteiger partial charge in [-0.3, -0.25) is 9.69 Å². The minimum atomic E-state index is -0.0687. The molecule has 7 nitrogen and oxygen atoms in total. The summed E-state index contributed by atoms with van der Waals surface area (Å²) in [6, 6.07) is 9.85. The number of aromatic nitrogens is 2. The highest BCUT2D eigenvalue weighted by Gasteiger charge is 2.24. The van der Waals surface area contributed by atoms with Crippen molar-refractivity contribution in [1.29, 1.82) is 0 Å². The van der Waals surface area contributed by atoms with Gasteiger partial charge in [0.05, 0.1) is 13.2 Å². The van der Waals surface area contributed by atoms with Crippen molar-refractivity contribution in [2.24, 2.45) is 0 Å². The Morgan fingerprint density at radius 2 is 2.00 bits per heavy atom. The molecule has 0 atom stereocenters. The van der Waals surface area contributed by atoms with Crippen molar-refractivity contribution in [3.05, 3.63) is 47.9 Å². The number of anilines is 2. The highest BCUT2D eigenvalue weighted by molar-refractivity contribution is 6.05. The van der Waals surface area contributed by atoms with Gasteiger partial charge in [0, 0.05) is 44.5 Å². The predicted molar refractivity (Wildman–Crippen MR) is 104 cm³/mol. The van der Waals surface area contributed by atoms with Gasteiger partial charge in [0.2, 0.25) is 0 Å². The monoisotopic (exact) mass is 367 g/mol. The molecule has 2 aliphatic heterocycles. The number of amides is 1. The lowest BCUT2D eigenvalue weighted by molar-refractivity contribution is 0.0398. The number of ether oxygens (including phenoxy) is 1. The van der Waals surface area contributed by atoms with E-state index in [-0.39, 0.29) is 5.91 Å². The quantitative estimate of drug-likeness (QED) is 0.869. The maximum Gasteiger partial charge on any atom is 0.277 e. The number of rotatable bonds is 5. The van der Waals surface area contributed by atoms with Crippen LogP contribution in [0.4, 0.5) is 11.5 Å². The van der Waals surface area contributed by atoms with Crippen molar-refractivity contribution < 1.29 is 9.53 Å². The van der Waals surface area contributed by atoms with Gasteiger partial charge in [0.25, 0.3) is 5.91 Å². The topological polar surface area (TPSA) is 70.6 Å². The Balaban J connectivity index is 1.41. The Labute approximate surface area is 159 Å². The molecule has 1 fully saturated rings. The number of carbonyl (C=O) groups excluding carboxylic acids is 1. The van der Waals surface area contributed by atoms with Crippen LogP contribution < -0.4 is 10.2 Å². The fraction of sp³-hybridized carbons (Fsp3) is 0.450. The summed E-state index contributed by atoms with van der Waals surface area (Å²) in [7, 11) is 0. The normalized spacial score (nSPS) is 17.4. The number of nitrogens with zero attached hydrogens (tertiary/aromatic N) is 4. The smallest absolute Gasteiger partial charge is 0.277 e. The van der Waals surface area contributed by atoms with E-state index in [2.05, 4.69) is 26.3 Å². The first kappa shape index (κ1) is 17.9. The second kappa shape index (κ2) is 8.45. The minimum Gasteiger partial charge on any atom is -0.379 e. The Kier molecular flexibility index (Phi) is 5.60. The third-order valence-corrected chi connectivity index (χ3v) is 5.08. The summed E-state index contributed by atoms with van der Waals surface area (Å²) in [5.41, 5.74) is 2.64. The van der Waals surface area contributed by atoms with E-state index >= 15 is 0 Å². The number of morpholine rings is 1. The van der Waals surface area contributed by atoms with Gasteiger partial charge in [0.1, 0.15) is 17.8 Å². The molecule has 0 bridgehead atoms. The average molecular weight is 367 g/mol. The Bertz CT molecular complexity index is 791. The highest BCUT2D eigenvalue weighted by Crippen LogP contribution is 2.27. The molecular weight excluding hydrogens is 342 g/mol. The van der Waals surface area contributed by atoms with Crippen LogP contribution in [0, 0.1) is 0 Å². The first-order valence-electron chi connectivity index (χ1n) is 9.57. The SMILES string of the molecule is O=C(c1cc(NCCN2CCOCC2)ncn1)N1CCCc2ccccc21.